The van der Waals surface area contributed by atoms with E-state index in [1.165, 1.54) is 7.11 Å². The molecule has 2 saturated carbocycles. The molecule has 4 atom stereocenters. The van der Waals surface area contributed by atoms with Crippen molar-refractivity contribution in [1.29, 1.82) is 0 Å². The second kappa shape index (κ2) is 10.5. The number of allylic oxidation sites excluding steroid dienone is 1. The predicted molar refractivity (Wildman–Crippen MR) is 98.6 cm³/mol. The number of methoxy groups -OCH3 is 1. The normalized spacial score (nSPS) is 29.3. The Hall–Kier alpha value is -1.69. The van der Waals surface area contributed by atoms with Gasteiger partial charge in [-0.3, -0.25) is 9.59 Å². The summed E-state index contributed by atoms with van der Waals surface area (Å²) in [6, 6.07) is 0. The number of hydrogen-bond donors (Lipinski definition) is 1. The molecule has 0 amide bonds. The van der Waals surface area contributed by atoms with E-state index >= 15 is 0 Å². The third-order valence-electron chi connectivity index (χ3n) is 5.41. The topological polar surface area (TPSA) is 85.2 Å². The lowest BCUT2D eigenvalue weighted by Gasteiger charge is -2.16. The van der Waals surface area contributed by atoms with Crippen LogP contribution in [0.3, 0.4) is 0 Å². The summed E-state index contributed by atoms with van der Waals surface area (Å²) < 4.78 is 4.56. The number of nitrogens with zero attached hydrogens (tertiary/aromatic N) is 1. The van der Waals surface area contributed by atoms with Crippen LogP contribution in [-0.4, -0.2) is 42.4 Å². The summed E-state index contributed by atoms with van der Waals surface area (Å²) >= 11 is 0. The molecule has 0 spiro atoms. The van der Waals surface area contributed by atoms with E-state index in [-0.39, 0.29) is 36.8 Å². The lowest BCUT2D eigenvalue weighted by molar-refractivity contribution is -0.141. The molecule has 0 heterocycles. The maximum absolute atomic E-state index is 11.9. The predicted octanol–water partition coefficient (Wildman–Crippen LogP) is 3.03. The van der Waals surface area contributed by atoms with E-state index in [9.17, 15) is 14.7 Å². The molecule has 146 valence electrons. The fraction of sp³-hybridized carbons (Fsp3) is 0.750. The van der Waals surface area contributed by atoms with Gasteiger partial charge in [0.2, 0.25) is 0 Å². The fourth-order valence-corrected chi connectivity index (χ4v) is 4.00. The lowest BCUT2D eigenvalue weighted by Crippen LogP contribution is -2.18. The van der Waals surface area contributed by atoms with Gasteiger partial charge >= 0.3 is 5.97 Å². The van der Waals surface area contributed by atoms with Gasteiger partial charge in [-0.15, -0.1) is 0 Å². The molecule has 2 aliphatic carbocycles. The van der Waals surface area contributed by atoms with Gasteiger partial charge < -0.3 is 14.7 Å². The first-order chi connectivity index (χ1) is 12.5. The Bertz CT molecular complexity index is 542. The minimum Gasteiger partial charge on any atom is -0.469 e. The zero-order valence-electron chi connectivity index (χ0n) is 15.9. The smallest absolute Gasteiger partial charge is 0.309 e. The molecule has 0 bridgehead atoms. The van der Waals surface area contributed by atoms with Crippen molar-refractivity contribution in [3.05, 3.63) is 12.2 Å². The molecule has 0 aromatic rings. The summed E-state index contributed by atoms with van der Waals surface area (Å²) in [7, 11) is 1.35. The van der Waals surface area contributed by atoms with Gasteiger partial charge in [0.1, 0.15) is 6.61 Å². The van der Waals surface area contributed by atoms with Gasteiger partial charge in [0.15, 0.2) is 5.78 Å². The summed E-state index contributed by atoms with van der Waals surface area (Å²) in [5.74, 6) is 0.542. The van der Waals surface area contributed by atoms with Crippen LogP contribution in [0.25, 0.3) is 0 Å². The van der Waals surface area contributed by atoms with E-state index in [0.29, 0.717) is 18.3 Å². The summed E-state index contributed by atoms with van der Waals surface area (Å²) in [4.78, 5) is 28.2. The Balaban J connectivity index is 1.82. The first-order valence-electron chi connectivity index (χ1n) is 9.68. The molecule has 0 radical (unpaired) electrons. The molecule has 0 saturated heterocycles. The molecule has 2 aliphatic rings. The lowest BCUT2D eigenvalue weighted by atomic mass is 9.90. The van der Waals surface area contributed by atoms with Gasteiger partial charge in [-0.1, -0.05) is 31.0 Å². The molecular weight excluding hydrogens is 334 g/mol. The number of oxime groups is 1. The largest absolute Gasteiger partial charge is 0.469 e. The van der Waals surface area contributed by atoms with Crippen LogP contribution in [0.5, 0.6) is 0 Å². The van der Waals surface area contributed by atoms with Gasteiger partial charge in [0, 0.05) is 12.3 Å². The van der Waals surface area contributed by atoms with E-state index in [2.05, 4.69) is 16.8 Å². The zero-order chi connectivity index (χ0) is 18.9. The number of rotatable bonds is 10. The number of hydrogen-bond acceptors (Lipinski definition) is 6. The molecule has 2 rings (SSSR count). The van der Waals surface area contributed by atoms with Crippen LogP contribution in [0.1, 0.15) is 58.3 Å². The first kappa shape index (κ1) is 20.6. The SMILES string of the molecule is CCCCCC(=O)C=C[C@H]1[C@@H]2C/C(=N\OCCC(=O)OC)C[C@H]2C[C@@H]1O. The Morgan fingerprint density at radius 1 is 1.27 bits per heavy atom. The average Bonchev–Trinajstić information content (AvgIpc) is 3.13. The van der Waals surface area contributed by atoms with E-state index < -0.39 is 0 Å². The number of unbranched alkanes of at least 4 members (excludes halogenated alkanes) is 2. The maximum Gasteiger partial charge on any atom is 0.309 e. The fourth-order valence-electron chi connectivity index (χ4n) is 4.00. The second-order valence-electron chi connectivity index (χ2n) is 7.31. The number of carbonyl (C=O) groups excluding carboxylic acids is 2. The van der Waals surface area contributed by atoms with E-state index in [1.807, 2.05) is 6.08 Å². The number of ether oxygens (including phenoxy) is 1. The van der Waals surface area contributed by atoms with Crippen molar-refractivity contribution in [2.45, 2.75) is 64.4 Å². The Labute approximate surface area is 155 Å². The molecule has 0 aromatic carbocycles. The third-order valence-corrected chi connectivity index (χ3v) is 5.41. The van der Waals surface area contributed by atoms with Crippen LogP contribution < -0.4 is 0 Å². The minimum atomic E-state index is -0.383. The van der Waals surface area contributed by atoms with Crippen LogP contribution in [0.4, 0.5) is 0 Å². The van der Waals surface area contributed by atoms with Crippen molar-refractivity contribution in [3.8, 4) is 0 Å². The van der Waals surface area contributed by atoms with Crippen molar-refractivity contribution in [2.75, 3.05) is 13.7 Å². The quantitative estimate of drug-likeness (QED) is 0.278. The average molecular weight is 365 g/mol. The summed E-state index contributed by atoms with van der Waals surface area (Å²) in [5, 5.41) is 14.5. The molecule has 0 aliphatic heterocycles. The number of aliphatic hydroxyl groups is 1. The van der Waals surface area contributed by atoms with Crippen molar-refractivity contribution < 1.29 is 24.3 Å². The van der Waals surface area contributed by atoms with Crippen LogP contribution in [0.2, 0.25) is 0 Å². The Kier molecular flexibility index (Phi) is 8.29. The molecule has 0 unspecified atom stereocenters. The van der Waals surface area contributed by atoms with Crippen LogP contribution in [0, 0.1) is 17.8 Å². The second-order valence-corrected chi connectivity index (χ2v) is 7.31. The van der Waals surface area contributed by atoms with Crippen molar-refractivity contribution in [1.82, 2.24) is 0 Å². The zero-order valence-corrected chi connectivity index (χ0v) is 15.9. The van der Waals surface area contributed by atoms with Crippen molar-refractivity contribution in [3.63, 3.8) is 0 Å². The molecule has 6 nitrogen and oxygen atoms in total. The first-order valence-corrected chi connectivity index (χ1v) is 9.68. The number of ketones is 1. The highest BCUT2D eigenvalue weighted by molar-refractivity contribution is 5.89. The van der Waals surface area contributed by atoms with Gasteiger partial charge in [-0.05, 0) is 43.6 Å². The van der Waals surface area contributed by atoms with Crippen LogP contribution in [-0.2, 0) is 19.2 Å². The van der Waals surface area contributed by atoms with Crippen LogP contribution >= 0.6 is 0 Å². The maximum atomic E-state index is 11.9. The molecule has 26 heavy (non-hydrogen) atoms. The van der Waals surface area contributed by atoms with Crippen LogP contribution in [0.15, 0.2) is 17.3 Å². The van der Waals surface area contributed by atoms with Gasteiger partial charge in [-0.25, -0.2) is 0 Å². The van der Waals surface area contributed by atoms with E-state index in [1.54, 1.807) is 6.08 Å². The Morgan fingerprint density at radius 2 is 2.08 bits per heavy atom. The van der Waals surface area contributed by atoms with Gasteiger partial charge in [-0.2, -0.15) is 0 Å². The molecule has 2 fully saturated rings. The van der Waals surface area contributed by atoms with E-state index in [4.69, 9.17) is 4.84 Å². The van der Waals surface area contributed by atoms with E-state index in [0.717, 1.165) is 44.2 Å². The highest BCUT2D eigenvalue weighted by Crippen LogP contribution is 2.47. The Morgan fingerprint density at radius 3 is 2.81 bits per heavy atom. The number of esters is 1. The molecule has 6 heteroatoms. The summed E-state index contributed by atoms with van der Waals surface area (Å²) in [6.07, 6.45) is 9.40. The van der Waals surface area contributed by atoms with Crippen molar-refractivity contribution >= 4 is 17.5 Å². The highest BCUT2D eigenvalue weighted by atomic mass is 16.6. The van der Waals surface area contributed by atoms with Gasteiger partial charge in [0.05, 0.1) is 25.3 Å². The molecular formula is C20H31NO5. The molecule has 0 aromatic heterocycles. The minimum absolute atomic E-state index is 0.0119. The molecule has 1 N–H and O–H groups in total. The number of aliphatic hydroxyl groups excluding tert-OH is 1. The summed E-state index contributed by atoms with van der Waals surface area (Å²) in [6.45, 7) is 2.33. The monoisotopic (exact) mass is 365 g/mol. The number of carbonyl (C=O) groups is 2. The third kappa shape index (κ3) is 5.94. The summed E-state index contributed by atoms with van der Waals surface area (Å²) in [5.41, 5.74) is 0.976. The van der Waals surface area contributed by atoms with Crippen molar-refractivity contribution in [2.24, 2.45) is 22.9 Å². The number of fused-ring (bicyclic) bond motifs is 1. The standard InChI is InChI=1S/C20H31NO5/c1-3-4-5-6-16(22)7-8-17-18-13-15(11-14(18)12-19(17)23)21-26-10-9-20(24)25-2/h7-8,14,17-19,23H,3-6,9-13H2,1-2H3/b8-7?,21-15-/t14-,17-,18+,19-/m0/s1. The highest BCUT2D eigenvalue weighted by Gasteiger charge is 2.46. The van der Waals surface area contributed by atoms with Gasteiger partial charge in [0.25, 0.3) is 0 Å².